The number of hydrogen-bond donors (Lipinski definition) is 1. The SMILES string of the molecule is CCOC(=O)c1ccc(NC(=O)C=Cc2c(Cl)cccc2Cl)cc1. The number of nitrogens with one attached hydrogen (secondary N) is 1. The lowest BCUT2D eigenvalue weighted by Crippen LogP contribution is -2.09. The smallest absolute Gasteiger partial charge is 0.338 e. The average molecular weight is 364 g/mol. The van der Waals surface area contributed by atoms with Crippen molar-refractivity contribution in [1.29, 1.82) is 0 Å². The summed E-state index contributed by atoms with van der Waals surface area (Å²) in [7, 11) is 0. The lowest BCUT2D eigenvalue weighted by Gasteiger charge is -2.05. The Morgan fingerprint density at radius 1 is 1.08 bits per heavy atom. The number of carbonyl (C=O) groups excluding carboxylic acids is 2. The van der Waals surface area contributed by atoms with Gasteiger partial charge in [-0.1, -0.05) is 29.3 Å². The van der Waals surface area contributed by atoms with Crippen molar-refractivity contribution < 1.29 is 14.3 Å². The number of carbonyl (C=O) groups is 2. The van der Waals surface area contributed by atoms with Crippen molar-refractivity contribution in [3.8, 4) is 0 Å². The summed E-state index contributed by atoms with van der Waals surface area (Å²) in [6.45, 7) is 2.05. The molecule has 0 radical (unpaired) electrons. The zero-order valence-electron chi connectivity index (χ0n) is 12.9. The number of halogens is 2. The molecule has 2 rings (SSSR count). The Morgan fingerprint density at radius 3 is 2.29 bits per heavy atom. The topological polar surface area (TPSA) is 55.4 Å². The summed E-state index contributed by atoms with van der Waals surface area (Å²) < 4.78 is 4.90. The minimum absolute atomic E-state index is 0.312. The second-order valence-electron chi connectivity index (χ2n) is 4.76. The van der Waals surface area contributed by atoms with Gasteiger partial charge in [0, 0.05) is 27.4 Å². The predicted molar refractivity (Wildman–Crippen MR) is 96.5 cm³/mol. The molecule has 0 fully saturated rings. The molecule has 0 bridgehead atoms. The van der Waals surface area contributed by atoms with Crippen LogP contribution < -0.4 is 5.32 Å². The molecule has 0 saturated heterocycles. The molecule has 6 heteroatoms. The quantitative estimate of drug-likeness (QED) is 0.611. The van der Waals surface area contributed by atoms with E-state index in [9.17, 15) is 9.59 Å². The molecule has 0 aliphatic carbocycles. The first-order valence-electron chi connectivity index (χ1n) is 7.21. The lowest BCUT2D eigenvalue weighted by molar-refractivity contribution is -0.111. The predicted octanol–water partition coefficient (Wildman–Crippen LogP) is 4.82. The number of rotatable bonds is 5. The van der Waals surface area contributed by atoms with Gasteiger partial charge in [-0.15, -0.1) is 0 Å². The summed E-state index contributed by atoms with van der Waals surface area (Å²) >= 11 is 12.1. The molecule has 24 heavy (non-hydrogen) atoms. The van der Waals surface area contributed by atoms with Gasteiger partial charge in [-0.2, -0.15) is 0 Å². The van der Waals surface area contributed by atoms with Crippen LogP contribution in [0.2, 0.25) is 10.0 Å². The molecule has 2 aromatic rings. The molecular weight excluding hydrogens is 349 g/mol. The maximum absolute atomic E-state index is 12.0. The molecule has 0 spiro atoms. The minimum Gasteiger partial charge on any atom is -0.462 e. The van der Waals surface area contributed by atoms with Crippen LogP contribution in [0.4, 0.5) is 5.69 Å². The Morgan fingerprint density at radius 2 is 1.71 bits per heavy atom. The molecule has 2 aromatic carbocycles. The summed E-state index contributed by atoms with van der Waals surface area (Å²) in [5.41, 5.74) is 1.56. The molecule has 1 amide bonds. The van der Waals surface area contributed by atoms with E-state index in [1.54, 1.807) is 55.5 Å². The molecular formula is C18H15Cl2NO3. The zero-order chi connectivity index (χ0) is 17.5. The Labute approximate surface area is 150 Å². The lowest BCUT2D eigenvalue weighted by atomic mass is 10.2. The molecule has 1 N–H and O–H groups in total. The third-order valence-electron chi connectivity index (χ3n) is 3.06. The van der Waals surface area contributed by atoms with Gasteiger partial charge in [-0.25, -0.2) is 4.79 Å². The van der Waals surface area contributed by atoms with Crippen LogP contribution in [0.15, 0.2) is 48.5 Å². The summed E-state index contributed by atoms with van der Waals surface area (Å²) in [6, 6.07) is 11.5. The average Bonchev–Trinajstić information content (AvgIpc) is 2.55. The fourth-order valence-electron chi connectivity index (χ4n) is 1.92. The molecule has 0 atom stereocenters. The Kier molecular flexibility index (Phi) is 6.41. The normalized spacial score (nSPS) is 10.6. The van der Waals surface area contributed by atoms with Crippen LogP contribution in [0.3, 0.4) is 0 Å². The largest absolute Gasteiger partial charge is 0.462 e. The van der Waals surface area contributed by atoms with Gasteiger partial charge in [-0.05, 0) is 49.4 Å². The van der Waals surface area contributed by atoms with Gasteiger partial charge < -0.3 is 10.1 Å². The number of amides is 1. The number of esters is 1. The summed E-state index contributed by atoms with van der Waals surface area (Å²) in [6.07, 6.45) is 2.89. The second kappa shape index (κ2) is 8.52. The molecule has 0 unspecified atom stereocenters. The van der Waals surface area contributed by atoms with Crippen LogP contribution in [0.25, 0.3) is 6.08 Å². The molecule has 124 valence electrons. The van der Waals surface area contributed by atoms with Crippen LogP contribution in [-0.4, -0.2) is 18.5 Å². The molecule has 4 nitrogen and oxygen atoms in total. The third kappa shape index (κ3) is 4.85. The molecule has 0 saturated carbocycles. The van der Waals surface area contributed by atoms with Gasteiger partial charge in [0.05, 0.1) is 12.2 Å². The van der Waals surface area contributed by atoms with Crippen molar-refractivity contribution in [2.75, 3.05) is 11.9 Å². The number of anilines is 1. The highest BCUT2D eigenvalue weighted by Crippen LogP contribution is 2.25. The van der Waals surface area contributed by atoms with Gasteiger partial charge in [0.15, 0.2) is 0 Å². The first-order valence-corrected chi connectivity index (χ1v) is 7.97. The van der Waals surface area contributed by atoms with E-state index in [1.165, 1.54) is 6.08 Å². The zero-order valence-corrected chi connectivity index (χ0v) is 14.4. The Bertz CT molecular complexity index is 750. The van der Waals surface area contributed by atoms with E-state index < -0.39 is 5.97 Å². The van der Waals surface area contributed by atoms with Crippen molar-refractivity contribution in [1.82, 2.24) is 0 Å². The Balaban J connectivity index is 2.02. The van der Waals surface area contributed by atoms with E-state index in [2.05, 4.69) is 5.32 Å². The van der Waals surface area contributed by atoms with Crippen LogP contribution in [0.5, 0.6) is 0 Å². The molecule has 0 heterocycles. The summed E-state index contributed by atoms with van der Waals surface area (Å²) in [5, 5.41) is 3.61. The van der Waals surface area contributed by atoms with Gasteiger partial charge in [0.25, 0.3) is 0 Å². The maximum Gasteiger partial charge on any atom is 0.338 e. The van der Waals surface area contributed by atoms with Crippen LogP contribution in [0, 0.1) is 0 Å². The number of hydrogen-bond acceptors (Lipinski definition) is 3. The molecule has 0 aromatic heterocycles. The molecule has 0 aliphatic heterocycles. The van der Waals surface area contributed by atoms with Gasteiger partial charge in [0.1, 0.15) is 0 Å². The van der Waals surface area contributed by atoms with Crippen molar-refractivity contribution in [3.05, 3.63) is 69.7 Å². The Hall–Kier alpha value is -2.30. The van der Waals surface area contributed by atoms with E-state index in [-0.39, 0.29) is 5.91 Å². The van der Waals surface area contributed by atoms with Crippen molar-refractivity contribution in [2.45, 2.75) is 6.92 Å². The molecule has 0 aliphatic rings. The highest BCUT2D eigenvalue weighted by Gasteiger charge is 2.07. The van der Waals surface area contributed by atoms with Crippen molar-refractivity contribution >= 4 is 46.8 Å². The highest BCUT2D eigenvalue weighted by atomic mass is 35.5. The van der Waals surface area contributed by atoms with Crippen molar-refractivity contribution in [3.63, 3.8) is 0 Å². The fourth-order valence-corrected chi connectivity index (χ4v) is 2.44. The van der Waals surface area contributed by atoms with E-state index in [0.717, 1.165) is 0 Å². The van der Waals surface area contributed by atoms with Crippen LogP contribution in [0.1, 0.15) is 22.8 Å². The van der Waals surface area contributed by atoms with E-state index in [0.29, 0.717) is 33.5 Å². The first kappa shape index (κ1) is 18.0. The summed E-state index contributed by atoms with van der Waals surface area (Å²) in [5.74, 6) is -0.737. The maximum atomic E-state index is 12.0. The first-order chi connectivity index (χ1) is 11.5. The highest BCUT2D eigenvalue weighted by molar-refractivity contribution is 6.37. The van der Waals surface area contributed by atoms with Crippen molar-refractivity contribution in [2.24, 2.45) is 0 Å². The van der Waals surface area contributed by atoms with Gasteiger partial charge in [0.2, 0.25) is 5.91 Å². The van der Waals surface area contributed by atoms with Gasteiger partial charge >= 0.3 is 5.97 Å². The van der Waals surface area contributed by atoms with Crippen LogP contribution in [-0.2, 0) is 9.53 Å². The standard InChI is InChI=1S/C18H15Cl2NO3/c1-2-24-18(23)12-6-8-13(9-7-12)21-17(22)11-10-14-15(19)4-3-5-16(14)20/h3-11H,2H2,1H3,(H,21,22). The second-order valence-corrected chi connectivity index (χ2v) is 5.57. The number of benzene rings is 2. The van der Waals surface area contributed by atoms with E-state index in [1.807, 2.05) is 0 Å². The van der Waals surface area contributed by atoms with Crippen LogP contribution >= 0.6 is 23.2 Å². The van der Waals surface area contributed by atoms with E-state index >= 15 is 0 Å². The third-order valence-corrected chi connectivity index (χ3v) is 3.72. The summed E-state index contributed by atoms with van der Waals surface area (Å²) in [4.78, 5) is 23.5. The number of ether oxygens (including phenoxy) is 1. The minimum atomic E-state index is -0.399. The van der Waals surface area contributed by atoms with E-state index in [4.69, 9.17) is 27.9 Å². The fraction of sp³-hybridized carbons (Fsp3) is 0.111. The van der Waals surface area contributed by atoms with Gasteiger partial charge in [-0.3, -0.25) is 4.79 Å². The monoisotopic (exact) mass is 363 g/mol.